The highest BCUT2D eigenvalue weighted by Gasteiger charge is 2.50. The Morgan fingerprint density at radius 1 is 0.746 bits per heavy atom. The van der Waals surface area contributed by atoms with Crippen LogP contribution in [0.4, 0.5) is 5.69 Å². The lowest BCUT2D eigenvalue weighted by atomic mass is 9.87. The topological polar surface area (TPSA) is 134 Å². The number of piperidine rings is 1. The van der Waals surface area contributed by atoms with Gasteiger partial charge in [-0.2, -0.15) is 0 Å². The number of ketones is 2. The molecule has 2 heterocycles. The highest BCUT2D eigenvalue weighted by Crippen LogP contribution is 2.31. The lowest BCUT2D eigenvalue weighted by Gasteiger charge is -2.29. The van der Waals surface area contributed by atoms with Gasteiger partial charge in [0.2, 0.25) is 11.8 Å². The minimum absolute atomic E-state index is 0.0431. The third-order valence-corrected chi connectivity index (χ3v) is 11.5. The molecule has 0 radical (unpaired) electrons. The van der Waals surface area contributed by atoms with E-state index in [9.17, 15) is 24.0 Å². The van der Waals surface area contributed by atoms with Crippen molar-refractivity contribution in [2.24, 2.45) is 23.7 Å². The molecule has 2 amide bonds. The van der Waals surface area contributed by atoms with Crippen molar-refractivity contribution in [2.75, 3.05) is 24.6 Å². The molecule has 10 nitrogen and oxygen atoms in total. The zero-order valence-corrected chi connectivity index (χ0v) is 36.0. The van der Waals surface area contributed by atoms with E-state index in [0.717, 1.165) is 48.3 Å². The number of ether oxygens (including phenoxy) is 2. The Bertz CT molecular complexity index is 1870. The number of anilines is 1. The van der Waals surface area contributed by atoms with Crippen molar-refractivity contribution in [3.05, 3.63) is 95.6 Å². The van der Waals surface area contributed by atoms with Gasteiger partial charge in [0.15, 0.2) is 11.6 Å². The SMILES string of the molecule is Cc1cc(N2CCCCC2)ccc1OC(=O)C[C@@H](CCc1ccccc1)C(=O)N[C@@H](CC(C)C)C(=O)C[C@@H](Cc1ccccc1)C(=O)N[C@@H](CC(C)C)C(=O)[C@@]1(C)CO1. The number of aryl methyl sites for hydroxylation is 2. The van der Waals surface area contributed by atoms with Crippen molar-refractivity contribution in [1.82, 2.24) is 10.6 Å². The molecule has 2 fully saturated rings. The molecule has 2 aliphatic rings. The van der Waals surface area contributed by atoms with Crippen molar-refractivity contribution < 1.29 is 33.4 Å². The van der Waals surface area contributed by atoms with E-state index in [-0.39, 0.29) is 48.6 Å². The summed E-state index contributed by atoms with van der Waals surface area (Å²) in [6.07, 6.45) is 5.25. The molecule has 5 rings (SSSR count). The number of Topliss-reactive ketones (excluding diaryl/α,β-unsaturated/α-hetero) is 2. The molecular formula is C49H65N3O7. The van der Waals surface area contributed by atoms with Gasteiger partial charge in [0.05, 0.1) is 25.1 Å². The highest BCUT2D eigenvalue weighted by molar-refractivity contribution is 5.98. The van der Waals surface area contributed by atoms with Gasteiger partial charge in [-0.3, -0.25) is 24.0 Å². The molecule has 0 bridgehead atoms. The Kier molecular flexibility index (Phi) is 16.4. The molecular weight excluding hydrogens is 743 g/mol. The maximum absolute atomic E-state index is 14.4. The molecule has 3 aromatic carbocycles. The van der Waals surface area contributed by atoms with Gasteiger partial charge in [-0.1, -0.05) is 88.4 Å². The summed E-state index contributed by atoms with van der Waals surface area (Å²) in [5.74, 6) is -2.68. The summed E-state index contributed by atoms with van der Waals surface area (Å²) in [6, 6.07) is 23.5. The standard InChI is InChI=1S/C49H65N3O7/c1-33(2)26-41(43(53)30-39(29-37-18-12-8-13-19-37)48(57)51-42(27-34(3)4)46(55)49(6)32-58-49)50-47(56)38(21-20-36-16-10-7-11-17-36)31-45(54)59-44-23-22-40(28-35(44)5)52-24-14-9-15-25-52/h7-8,10-13,16-19,22-23,28,33-34,38-39,41-42H,9,14-15,20-21,24-27,29-32H2,1-6H3,(H,50,56)(H,51,57)/t38-,39-,41+,42+,49-/m1/s1. The number of benzene rings is 3. The lowest BCUT2D eigenvalue weighted by molar-refractivity contribution is -0.140. The van der Waals surface area contributed by atoms with Crippen LogP contribution in [0.5, 0.6) is 5.75 Å². The van der Waals surface area contributed by atoms with Gasteiger partial charge in [-0.05, 0) is 112 Å². The number of esters is 1. The second kappa shape index (κ2) is 21.4. The molecule has 3 aromatic rings. The molecule has 2 saturated heterocycles. The van der Waals surface area contributed by atoms with Crippen LogP contribution in [0.2, 0.25) is 0 Å². The molecule has 10 heteroatoms. The fourth-order valence-electron chi connectivity index (χ4n) is 7.96. The predicted octanol–water partition coefficient (Wildman–Crippen LogP) is 7.77. The predicted molar refractivity (Wildman–Crippen MR) is 231 cm³/mol. The van der Waals surface area contributed by atoms with Crippen LogP contribution >= 0.6 is 0 Å². The van der Waals surface area contributed by atoms with Gasteiger partial charge in [-0.25, -0.2) is 0 Å². The molecule has 0 spiro atoms. The van der Waals surface area contributed by atoms with Crippen LogP contribution in [0.25, 0.3) is 0 Å². The summed E-state index contributed by atoms with van der Waals surface area (Å²) >= 11 is 0. The molecule has 2 N–H and O–H groups in total. The molecule has 0 aliphatic carbocycles. The normalized spacial score (nSPS) is 18.4. The van der Waals surface area contributed by atoms with E-state index in [4.69, 9.17) is 9.47 Å². The number of carbonyl (C=O) groups excluding carboxylic acids is 5. The van der Waals surface area contributed by atoms with Crippen LogP contribution in [0, 0.1) is 30.6 Å². The summed E-state index contributed by atoms with van der Waals surface area (Å²) in [5.41, 5.74) is 2.95. The number of rotatable bonds is 22. The maximum Gasteiger partial charge on any atom is 0.311 e. The van der Waals surface area contributed by atoms with E-state index < -0.39 is 41.4 Å². The summed E-state index contributed by atoms with van der Waals surface area (Å²) in [4.78, 5) is 72.1. The average Bonchev–Trinajstić information content (AvgIpc) is 3.97. The minimum atomic E-state index is -0.913. The number of carbonyl (C=O) groups is 5. The monoisotopic (exact) mass is 807 g/mol. The molecule has 2 aliphatic heterocycles. The molecule has 0 aromatic heterocycles. The average molecular weight is 808 g/mol. The Morgan fingerprint density at radius 3 is 1.92 bits per heavy atom. The number of epoxide rings is 1. The molecule has 318 valence electrons. The molecule has 0 unspecified atom stereocenters. The Balaban J connectivity index is 1.32. The second-order valence-corrected chi connectivity index (χ2v) is 17.7. The van der Waals surface area contributed by atoms with Crippen LogP contribution in [0.15, 0.2) is 78.9 Å². The zero-order chi connectivity index (χ0) is 42.5. The minimum Gasteiger partial charge on any atom is -0.426 e. The van der Waals surface area contributed by atoms with Crippen LogP contribution in [0.3, 0.4) is 0 Å². The van der Waals surface area contributed by atoms with Crippen LogP contribution in [-0.4, -0.2) is 66.7 Å². The second-order valence-electron chi connectivity index (χ2n) is 17.7. The van der Waals surface area contributed by atoms with E-state index in [1.165, 1.54) is 6.42 Å². The van der Waals surface area contributed by atoms with E-state index >= 15 is 0 Å². The summed E-state index contributed by atoms with van der Waals surface area (Å²) in [6.45, 7) is 13.9. The van der Waals surface area contributed by atoms with Crippen molar-refractivity contribution in [3.63, 3.8) is 0 Å². The van der Waals surface area contributed by atoms with Crippen LogP contribution < -0.4 is 20.3 Å². The first kappa shape index (κ1) is 45.3. The molecule has 59 heavy (non-hydrogen) atoms. The quantitative estimate of drug-likeness (QED) is 0.0598. The Labute approximate surface area is 351 Å². The first-order valence-corrected chi connectivity index (χ1v) is 21.7. The number of hydrogen-bond acceptors (Lipinski definition) is 8. The van der Waals surface area contributed by atoms with E-state index in [2.05, 4.69) is 15.5 Å². The van der Waals surface area contributed by atoms with Crippen LogP contribution in [0.1, 0.15) is 103 Å². The van der Waals surface area contributed by atoms with E-state index in [1.807, 2.05) is 113 Å². The maximum atomic E-state index is 14.4. The summed E-state index contributed by atoms with van der Waals surface area (Å²) < 4.78 is 11.3. The highest BCUT2D eigenvalue weighted by atomic mass is 16.6. The Hall–Kier alpha value is -4.83. The smallest absolute Gasteiger partial charge is 0.311 e. The number of nitrogens with one attached hydrogen (secondary N) is 2. The van der Waals surface area contributed by atoms with Gasteiger partial charge < -0.3 is 25.0 Å². The molecule has 0 saturated carbocycles. The fourth-order valence-corrected chi connectivity index (χ4v) is 7.96. The van der Waals surface area contributed by atoms with E-state index in [0.29, 0.717) is 38.0 Å². The van der Waals surface area contributed by atoms with Crippen molar-refractivity contribution >= 4 is 35.0 Å². The zero-order valence-electron chi connectivity index (χ0n) is 36.0. The first-order valence-electron chi connectivity index (χ1n) is 21.7. The van der Waals surface area contributed by atoms with Crippen LogP contribution in [-0.2, 0) is 41.6 Å². The third kappa shape index (κ3) is 13.9. The molecule has 5 atom stereocenters. The van der Waals surface area contributed by atoms with Gasteiger partial charge in [0, 0.05) is 37.0 Å². The number of amides is 2. The number of hydrogen-bond donors (Lipinski definition) is 2. The fraction of sp³-hybridized carbons (Fsp3) is 0.531. The summed E-state index contributed by atoms with van der Waals surface area (Å²) in [7, 11) is 0. The Morgan fingerprint density at radius 2 is 1.32 bits per heavy atom. The lowest BCUT2D eigenvalue weighted by Crippen LogP contribution is -2.50. The van der Waals surface area contributed by atoms with Gasteiger partial charge in [0.1, 0.15) is 11.4 Å². The van der Waals surface area contributed by atoms with Gasteiger partial charge in [-0.15, -0.1) is 0 Å². The van der Waals surface area contributed by atoms with Gasteiger partial charge in [0.25, 0.3) is 0 Å². The summed E-state index contributed by atoms with van der Waals surface area (Å²) in [5, 5.41) is 6.02. The largest absolute Gasteiger partial charge is 0.426 e. The van der Waals surface area contributed by atoms with E-state index in [1.54, 1.807) is 6.92 Å². The van der Waals surface area contributed by atoms with Crippen molar-refractivity contribution in [3.8, 4) is 5.75 Å². The third-order valence-electron chi connectivity index (χ3n) is 11.5. The van der Waals surface area contributed by atoms with Crippen molar-refractivity contribution in [1.29, 1.82) is 0 Å². The van der Waals surface area contributed by atoms with Gasteiger partial charge >= 0.3 is 5.97 Å². The number of nitrogens with zero attached hydrogens (tertiary/aromatic N) is 1. The van der Waals surface area contributed by atoms with Crippen molar-refractivity contribution in [2.45, 2.75) is 123 Å². The first-order chi connectivity index (χ1) is 28.2.